The molecular formula is C27H23N5O4. The van der Waals surface area contributed by atoms with Gasteiger partial charge < -0.3 is 0 Å². The first-order valence-electron chi connectivity index (χ1n) is 11.5. The van der Waals surface area contributed by atoms with Crippen LogP contribution in [0.5, 0.6) is 0 Å². The Labute approximate surface area is 207 Å². The Kier molecular flexibility index (Phi) is 5.89. The molecule has 3 aromatic carbocycles. The van der Waals surface area contributed by atoms with Gasteiger partial charge in [-0.3, -0.25) is 19.7 Å². The molecule has 2 amide bonds. The van der Waals surface area contributed by atoms with Crippen molar-refractivity contribution < 1.29 is 14.5 Å². The highest BCUT2D eigenvalue weighted by Crippen LogP contribution is 2.42. The number of hydrogen-bond donors (Lipinski definition) is 0. The Morgan fingerprint density at radius 3 is 1.53 bits per heavy atom. The van der Waals surface area contributed by atoms with Crippen LogP contribution in [0.15, 0.2) is 95.1 Å². The van der Waals surface area contributed by atoms with Crippen LogP contribution < -0.4 is 10.0 Å². The molecule has 0 fully saturated rings. The van der Waals surface area contributed by atoms with Crippen molar-refractivity contribution in [1.29, 1.82) is 0 Å². The summed E-state index contributed by atoms with van der Waals surface area (Å²) >= 11 is 0. The van der Waals surface area contributed by atoms with Crippen molar-refractivity contribution in [2.45, 2.75) is 19.8 Å². The first kappa shape index (κ1) is 23.1. The predicted molar refractivity (Wildman–Crippen MR) is 137 cm³/mol. The van der Waals surface area contributed by atoms with Gasteiger partial charge >= 0.3 is 0 Å². The van der Waals surface area contributed by atoms with Crippen molar-refractivity contribution in [2.24, 2.45) is 22.0 Å². The van der Waals surface area contributed by atoms with Gasteiger partial charge in [-0.05, 0) is 43.7 Å². The van der Waals surface area contributed by atoms with Gasteiger partial charge in [-0.15, -0.1) is 0 Å². The Balaban J connectivity index is 1.58. The topological polar surface area (TPSA) is 108 Å². The van der Waals surface area contributed by atoms with E-state index in [0.29, 0.717) is 28.4 Å². The van der Waals surface area contributed by atoms with Crippen LogP contribution in [0, 0.1) is 22.0 Å². The van der Waals surface area contributed by atoms with Crippen molar-refractivity contribution in [2.75, 3.05) is 10.0 Å². The maximum absolute atomic E-state index is 13.8. The van der Waals surface area contributed by atoms with Crippen LogP contribution in [0.1, 0.15) is 25.3 Å². The van der Waals surface area contributed by atoms with Gasteiger partial charge in [0.1, 0.15) is 0 Å². The number of nitro groups is 1. The molecule has 2 aliphatic heterocycles. The van der Waals surface area contributed by atoms with Crippen LogP contribution in [0.4, 0.5) is 17.1 Å². The van der Waals surface area contributed by atoms with E-state index in [1.165, 1.54) is 22.2 Å². The molecule has 0 saturated carbocycles. The number of nitro benzene ring substituents is 1. The third kappa shape index (κ3) is 3.94. The fourth-order valence-corrected chi connectivity index (χ4v) is 4.89. The number of non-ortho nitro benzene ring substituents is 1. The van der Waals surface area contributed by atoms with Gasteiger partial charge in [0.2, 0.25) is 0 Å². The van der Waals surface area contributed by atoms with Gasteiger partial charge in [0, 0.05) is 29.5 Å². The summed E-state index contributed by atoms with van der Waals surface area (Å²) in [6.45, 7) is 3.54. The van der Waals surface area contributed by atoms with Crippen LogP contribution in [-0.4, -0.2) is 28.2 Å². The highest BCUT2D eigenvalue weighted by molar-refractivity contribution is 6.19. The van der Waals surface area contributed by atoms with Gasteiger partial charge in [0.15, 0.2) is 0 Å². The molecule has 0 unspecified atom stereocenters. The van der Waals surface area contributed by atoms with Gasteiger partial charge in [-0.2, -0.15) is 10.2 Å². The van der Waals surface area contributed by atoms with Crippen molar-refractivity contribution in [3.63, 3.8) is 0 Å². The van der Waals surface area contributed by atoms with Crippen molar-refractivity contribution in [3.05, 3.63) is 101 Å². The fourth-order valence-electron chi connectivity index (χ4n) is 4.89. The third-order valence-electron chi connectivity index (χ3n) is 6.57. The molecule has 2 heterocycles. The normalized spacial score (nSPS) is 19.6. The number of benzene rings is 3. The lowest BCUT2D eigenvalue weighted by Gasteiger charge is -2.28. The Morgan fingerprint density at radius 1 is 0.722 bits per heavy atom. The molecule has 0 aromatic heterocycles. The zero-order valence-electron chi connectivity index (χ0n) is 19.7. The molecule has 0 radical (unpaired) electrons. The van der Waals surface area contributed by atoms with E-state index >= 15 is 0 Å². The van der Waals surface area contributed by atoms with Gasteiger partial charge in [0.05, 0.1) is 28.1 Å². The maximum Gasteiger partial charge on any atom is 0.269 e. The van der Waals surface area contributed by atoms with Crippen LogP contribution in [0.3, 0.4) is 0 Å². The Morgan fingerprint density at radius 2 is 1.14 bits per heavy atom. The van der Waals surface area contributed by atoms with E-state index in [0.717, 1.165) is 0 Å². The number of rotatable bonds is 6. The monoisotopic (exact) mass is 481 g/mol. The van der Waals surface area contributed by atoms with E-state index in [1.54, 1.807) is 50.2 Å². The minimum atomic E-state index is -0.749. The van der Waals surface area contributed by atoms with Crippen LogP contribution >= 0.6 is 0 Å². The molecule has 0 bridgehead atoms. The smallest absolute Gasteiger partial charge is 0.269 e. The number of hydrazone groups is 2. The summed E-state index contributed by atoms with van der Waals surface area (Å²) in [5.41, 5.74) is 2.94. The maximum atomic E-state index is 13.8. The van der Waals surface area contributed by atoms with E-state index in [2.05, 4.69) is 10.2 Å². The van der Waals surface area contributed by atoms with E-state index in [-0.39, 0.29) is 17.5 Å². The number of nitrogens with zero attached hydrogens (tertiary/aromatic N) is 5. The van der Waals surface area contributed by atoms with Crippen molar-refractivity contribution in [3.8, 4) is 0 Å². The molecule has 0 spiro atoms. The van der Waals surface area contributed by atoms with Crippen molar-refractivity contribution in [1.82, 2.24) is 0 Å². The molecule has 0 aliphatic carbocycles. The third-order valence-corrected chi connectivity index (χ3v) is 6.57. The molecule has 36 heavy (non-hydrogen) atoms. The molecule has 0 N–H and O–H groups in total. The minimum Gasteiger partial charge on any atom is -0.272 e. The summed E-state index contributed by atoms with van der Waals surface area (Å²) in [7, 11) is 0. The molecule has 2 aliphatic rings. The Bertz CT molecular complexity index is 1310. The van der Waals surface area contributed by atoms with E-state index in [4.69, 9.17) is 0 Å². The molecule has 3 aromatic rings. The number of anilines is 2. The predicted octanol–water partition coefficient (Wildman–Crippen LogP) is 4.76. The number of para-hydroxylation sites is 2. The largest absolute Gasteiger partial charge is 0.272 e. The highest BCUT2D eigenvalue weighted by atomic mass is 16.6. The van der Waals surface area contributed by atoms with Gasteiger partial charge in [-0.1, -0.05) is 48.5 Å². The van der Waals surface area contributed by atoms with Crippen LogP contribution in [0.2, 0.25) is 0 Å². The minimum absolute atomic E-state index is 0.0689. The van der Waals surface area contributed by atoms with E-state index in [9.17, 15) is 19.7 Å². The average molecular weight is 482 g/mol. The summed E-state index contributed by atoms with van der Waals surface area (Å²) in [6, 6.07) is 24.2. The lowest BCUT2D eigenvalue weighted by molar-refractivity contribution is -0.384. The van der Waals surface area contributed by atoms with Crippen molar-refractivity contribution >= 4 is 40.3 Å². The van der Waals surface area contributed by atoms with E-state index in [1.807, 2.05) is 36.4 Å². The molecular weight excluding hydrogens is 458 g/mol. The molecule has 180 valence electrons. The average Bonchev–Trinajstić information content (AvgIpc) is 3.36. The quantitative estimate of drug-likeness (QED) is 0.374. The van der Waals surface area contributed by atoms with Crippen LogP contribution in [0.25, 0.3) is 0 Å². The molecule has 0 saturated heterocycles. The first-order chi connectivity index (χ1) is 17.4. The van der Waals surface area contributed by atoms with Crippen LogP contribution in [-0.2, 0) is 9.59 Å². The second-order valence-electron chi connectivity index (χ2n) is 8.78. The lowest BCUT2D eigenvalue weighted by atomic mass is 9.73. The summed E-state index contributed by atoms with van der Waals surface area (Å²) in [6.07, 6.45) is 0. The van der Waals surface area contributed by atoms with Gasteiger partial charge in [-0.25, -0.2) is 10.0 Å². The second kappa shape index (κ2) is 9.18. The van der Waals surface area contributed by atoms with E-state index < -0.39 is 22.7 Å². The fraction of sp³-hybridized carbons (Fsp3) is 0.185. The number of amides is 2. The van der Waals surface area contributed by atoms with Gasteiger partial charge in [0.25, 0.3) is 17.5 Å². The second-order valence-corrected chi connectivity index (χ2v) is 8.78. The first-order valence-corrected chi connectivity index (χ1v) is 11.5. The molecule has 9 heteroatoms. The zero-order valence-corrected chi connectivity index (χ0v) is 19.7. The Hall–Kier alpha value is -4.66. The summed E-state index contributed by atoms with van der Waals surface area (Å²) in [5.74, 6) is -2.68. The molecule has 9 nitrogen and oxygen atoms in total. The lowest BCUT2D eigenvalue weighted by Crippen LogP contribution is -2.40. The summed E-state index contributed by atoms with van der Waals surface area (Å²) in [5, 5.41) is 23.0. The molecule has 5 rings (SSSR count). The summed E-state index contributed by atoms with van der Waals surface area (Å²) in [4.78, 5) is 38.3. The highest BCUT2D eigenvalue weighted by Gasteiger charge is 2.50. The summed E-state index contributed by atoms with van der Waals surface area (Å²) < 4.78 is 0. The standard InChI is InChI=1S/C27H23N5O4/c1-17-23(26(33)30(28-17)20-9-5-3-6-10-20)25(19-13-15-22(16-14-19)32(35)36)24-18(2)29-31(27(24)34)21-11-7-4-8-12-21/h3-16,23-25H,1-2H3/t23-,24-/m0/s1. The number of carbonyl (C=O) groups excluding carboxylic acids is 2. The SMILES string of the molecule is CC1=NN(c2ccccc2)C(=O)[C@@H]1C(c1ccc([N+](=O)[O-])cc1)[C@H]1C(=O)N(c2ccccc2)N=C1C. The number of carbonyl (C=O) groups is 2. The molecule has 2 atom stereocenters. The number of hydrogen-bond acceptors (Lipinski definition) is 6. The zero-order chi connectivity index (χ0) is 25.4.